The number of amides is 3. The van der Waals surface area contributed by atoms with Crippen molar-refractivity contribution in [2.24, 2.45) is 11.8 Å². The Hall–Kier alpha value is -4.25. The van der Waals surface area contributed by atoms with Crippen molar-refractivity contribution >= 4 is 17.7 Å². The van der Waals surface area contributed by atoms with Crippen LogP contribution in [0.5, 0.6) is 5.75 Å². The largest absolute Gasteiger partial charge is 0.494 e. The molecule has 0 saturated heterocycles. The molecule has 0 fully saturated rings. The quantitative estimate of drug-likeness (QED) is 0.179. The lowest BCUT2D eigenvalue weighted by atomic mass is 9.91. The van der Waals surface area contributed by atoms with Gasteiger partial charge in [-0.05, 0) is 78.8 Å². The van der Waals surface area contributed by atoms with Gasteiger partial charge in [-0.3, -0.25) is 14.4 Å². The Balaban J connectivity index is 1.30. The van der Waals surface area contributed by atoms with E-state index in [1.54, 1.807) is 0 Å². The van der Waals surface area contributed by atoms with Gasteiger partial charge in [-0.1, -0.05) is 87.0 Å². The third-order valence-corrected chi connectivity index (χ3v) is 10.2. The van der Waals surface area contributed by atoms with E-state index < -0.39 is 36.3 Å². The lowest BCUT2D eigenvalue weighted by Gasteiger charge is -2.28. The summed E-state index contributed by atoms with van der Waals surface area (Å²) in [6.07, 6.45) is 2.94. The maximum Gasteiger partial charge on any atom is 0.242 e. The fourth-order valence-electron chi connectivity index (χ4n) is 6.98. The molecule has 3 aromatic rings. The highest BCUT2D eigenvalue weighted by Crippen LogP contribution is 2.32. The standard InChI is InChI=1S/C41H54N4O6/c1-3-27(2)37-41(50)42-20-10-5-11-21-51-33-18-16-29(17-19-33)23-35(40(49)44-37)43-26-32(46)24-31(22-28-12-6-4-7-13-28)39(48)45-38-34-15-9-8-14-30(34)25-36(38)47/h4,6-9,12-19,27,31-32,35-38,43,46-47H,3,5,10-11,20-26H2,1-2H3,(H,42,50)(H,44,49)(H,45,48)/t27?,31-,32+,35+,36-,37+,38+/m1/s1. The number of hydrogen-bond acceptors (Lipinski definition) is 7. The van der Waals surface area contributed by atoms with Crippen molar-refractivity contribution in [3.63, 3.8) is 0 Å². The first-order valence-corrected chi connectivity index (χ1v) is 18.5. The Morgan fingerprint density at radius 2 is 1.69 bits per heavy atom. The van der Waals surface area contributed by atoms with E-state index >= 15 is 0 Å². The summed E-state index contributed by atoms with van der Waals surface area (Å²) in [5, 5.41) is 34.6. The normalized spacial score (nSPS) is 23.1. The summed E-state index contributed by atoms with van der Waals surface area (Å²) in [7, 11) is 0. The number of nitrogens with one attached hydrogen (secondary N) is 4. The van der Waals surface area contributed by atoms with Crippen molar-refractivity contribution in [3.8, 4) is 5.75 Å². The molecule has 7 atom stereocenters. The molecule has 10 nitrogen and oxygen atoms in total. The molecular weight excluding hydrogens is 644 g/mol. The highest BCUT2D eigenvalue weighted by molar-refractivity contribution is 5.90. The van der Waals surface area contributed by atoms with Crippen LogP contribution in [0.2, 0.25) is 0 Å². The summed E-state index contributed by atoms with van der Waals surface area (Å²) in [6.45, 7) is 5.11. The minimum Gasteiger partial charge on any atom is -0.494 e. The summed E-state index contributed by atoms with van der Waals surface area (Å²) in [5.74, 6) is -0.705. The van der Waals surface area contributed by atoms with Crippen LogP contribution in [0, 0.1) is 11.8 Å². The number of hydrogen-bond donors (Lipinski definition) is 6. The number of ether oxygens (including phenoxy) is 1. The Kier molecular flexibility index (Phi) is 14.0. The third kappa shape index (κ3) is 10.9. The number of aliphatic hydroxyl groups is 2. The Morgan fingerprint density at radius 1 is 0.941 bits per heavy atom. The van der Waals surface area contributed by atoms with E-state index in [0.29, 0.717) is 38.8 Å². The number of carbonyl (C=O) groups excluding carboxylic acids is 3. The lowest BCUT2D eigenvalue weighted by Crippen LogP contribution is -2.56. The summed E-state index contributed by atoms with van der Waals surface area (Å²) >= 11 is 0. The van der Waals surface area contributed by atoms with Crippen LogP contribution in [0.1, 0.15) is 74.2 Å². The van der Waals surface area contributed by atoms with Crippen LogP contribution in [0.15, 0.2) is 78.9 Å². The van der Waals surface area contributed by atoms with Crippen molar-refractivity contribution in [1.82, 2.24) is 21.3 Å². The van der Waals surface area contributed by atoms with E-state index in [4.69, 9.17) is 4.74 Å². The van der Waals surface area contributed by atoms with E-state index in [-0.39, 0.29) is 36.6 Å². The van der Waals surface area contributed by atoms with Gasteiger partial charge in [0.1, 0.15) is 11.8 Å². The second kappa shape index (κ2) is 18.8. The maximum atomic E-state index is 13.9. The van der Waals surface area contributed by atoms with Gasteiger partial charge in [-0.2, -0.15) is 0 Å². The van der Waals surface area contributed by atoms with Gasteiger partial charge in [0.25, 0.3) is 0 Å². The van der Waals surface area contributed by atoms with Crippen LogP contribution in [0.3, 0.4) is 0 Å². The number of carbonyl (C=O) groups is 3. The minimum atomic E-state index is -0.966. The first-order valence-electron chi connectivity index (χ1n) is 18.5. The molecule has 6 rings (SSSR count). The lowest BCUT2D eigenvalue weighted by molar-refractivity contribution is -0.131. The Bertz CT molecular complexity index is 1570. The van der Waals surface area contributed by atoms with Crippen LogP contribution in [-0.2, 0) is 33.6 Å². The molecular formula is C41H54N4O6. The van der Waals surface area contributed by atoms with E-state index in [1.807, 2.05) is 92.7 Å². The molecule has 2 bridgehead atoms. The van der Waals surface area contributed by atoms with Crippen molar-refractivity contribution in [1.29, 1.82) is 0 Å². The highest BCUT2D eigenvalue weighted by atomic mass is 16.5. The molecule has 6 N–H and O–H groups in total. The molecule has 2 aliphatic heterocycles. The molecule has 3 aliphatic rings. The second-order valence-corrected chi connectivity index (χ2v) is 14.1. The predicted octanol–water partition coefficient (Wildman–Crippen LogP) is 3.78. The zero-order valence-corrected chi connectivity index (χ0v) is 29.9. The summed E-state index contributed by atoms with van der Waals surface area (Å²) in [6, 6.07) is 23.1. The van der Waals surface area contributed by atoms with Gasteiger partial charge < -0.3 is 36.2 Å². The summed E-state index contributed by atoms with van der Waals surface area (Å²) in [4.78, 5) is 41.0. The average Bonchev–Trinajstić information content (AvgIpc) is 3.45. The predicted molar refractivity (Wildman–Crippen MR) is 197 cm³/mol. The number of benzene rings is 3. The highest BCUT2D eigenvalue weighted by Gasteiger charge is 2.35. The minimum absolute atomic E-state index is 0.0485. The summed E-state index contributed by atoms with van der Waals surface area (Å²) in [5.41, 5.74) is 3.77. The molecule has 1 unspecified atom stereocenters. The van der Waals surface area contributed by atoms with E-state index in [1.165, 1.54) is 0 Å². The first-order chi connectivity index (χ1) is 24.7. The molecule has 3 aromatic carbocycles. The number of aliphatic hydroxyl groups excluding tert-OH is 2. The van der Waals surface area contributed by atoms with Crippen LogP contribution in [-0.4, -0.2) is 71.9 Å². The molecule has 0 saturated carbocycles. The van der Waals surface area contributed by atoms with Crippen molar-refractivity contribution in [2.45, 2.75) is 95.5 Å². The SMILES string of the molecule is CCC(C)[C@@H]1NC(=O)[C@@H](NC[C@@H](O)C[C@@H](Cc2ccccc2)C(=O)N[C@H]2c3ccccc3C[C@H]2O)Cc2ccc(cc2)OCCCCCNC1=O. The van der Waals surface area contributed by atoms with Crippen LogP contribution in [0.25, 0.3) is 0 Å². The van der Waals surface area contributed by atoms with Crippen molar-refractivity contribution in [2.75, 3.05) is 19.7 Å². The van der Waals surface area contributed by atoms with E-state index in [2.05, 4.69) is 21.3 Å². The van der Waals surface area contributed by atoms with Gasteiger partial charge in [0, 0.05) is 25.4 Å². The Labute approximate surface area is 301 Å². The molecule has 0 aromatic heterocycles. The van der Waals surface area contributed by atoms with E-state index in [0.717, 1.165) is 47.3 Å². The summed E-state index contributed by atoms with van der Waals surface area (Å²) < 4.78 is 5.90. The monoisotopic (exact) mass is 698 g/mol. The smallest absolute Gasteiger partial charge is 0.242 e. The second-order valence-electron chi connectivity index (χ2n) is 14.1. The first kappa shape index (κ1) is 38.0. The van der Waals surface area contributed by atoms with Crippen molar-refractivity contribution in [3.05, 3.63) is 101 Å². The molecule has 3 amide bonds. The Morgan fingerprint density at radius 3 is 2.45 bits per heavy atom. The van der Waals surface area contributed by atoms with Gasteiger partial charge in [-0.25, -0.2) is 0 Å². The fraction of sp³-hybridized carbons (Fsp3) is 0.488. The van der Waals surface area contributed by atoms with Crippen LogP contribution in [0.4, 0.5) is 0 Å². The van der Waals surface area contributed by atoms with Crippen LogP contribution < -0.4 is 26.0 Å². The molecule has 0 radical (unpaired) electrons. The van der Waals surface area contributed by atoms with Gasteiger partial charge in [-0.15, -0.1) is 0 Å². The third-order valence-electron chi connectivity index (χ3n) is 10.2. The van der Waals surface area contributed by atoms with Gasteiger partial charge in [0.05, 0.1) is 30.9 Å². The van der Waals surface area contributed by atoms with Gasteiger partial charge in [0.15, 0.2) is 0 Å². The number of fused-ring (bicyclic) bond motifs is 15. The molecule has 274 valence electrons. The van der Waals surface area contributed by atoms with E-state index in [9.17, 15) is 24.6 Å². The van der Waals surface area contributed by atoms with Crippen LogP contribution >= 0.6 is 0 Å². The molecule has 0 spiro atoms. The topological polar surface area (TPSA) is 149 Å². The van der Waals surface area contributed by atoms with Crippen molar-refractivity contribution < 1.29 is 29.3 Å². The van der Waals surface area contributed by atoms with Gasteiger partial charge in [0.2, 0.25) is 17.7 Å². The zero-order chi connectivity index (χ0) is 36.2. The zero-order valence-electron chi connectivity index (χ0n) is 29.9. The molecule has 51 heavy (non-hydrogen) atoms. The molecule has 10 heteroatoms. The number of rotatable bonds is 11. The average molecular weight is 699 g/mol. The maximum absolute atomic E-state index is 13.9. The van der Waals surface area contributed by atoms with Gasteiger partial charge >= 0.3 is 0 Å². The molecule has 1 aliphatic carbocycles. The molecule has 2 heterocycles. The fourth-order valence-corrected chi connectivity index (χ4v) is 6.98.